The number of carbonyl (C=O) groups excluding carboxylic acids is 1. The van der Waals surface area contributed by atoms with Crippen molar-refractivity contribution in [2.45, 2.75) is 32.1 Å². The predicted octanol–water partition coefficient (Wildman–Crippen LogP) is 0.0305. The van der Waals surface area contributed by atoms with Gasteiger partial charge in [-0.2, -0.15) is 4.52 Å². The lowest BCUT2D eigenvalue weighted by Crippen LogP contribution is -2.36. The lowest BCUT2D eigenvalue weighted by molar-refractivity contribution is -0.133. The molecule has 0 saturated carbocycles. The van der Waals surface area contributed by atoms with Gasteiger partial charge in [0.05, 0.1) is 6.26 Å². The van der Waals surface area contributed by atoms with Gasteiger partial charge in [-0.3, -0.25) is 4.79 Å². The Morgan fingerprint density at radius 3 is 2.81 bits per heavy atom. The van der Waals surface area contributed by atoms with Gasteiger partial charge in [0.25, 0.3) is 0 Å². The molecule has 27 heavy (non-hydrogen) atoms. The molecule has 148 valence electrons. The third kappa shape index (κ3) is 5.60. The van der Waals surface area contributed by atoms with Gasteiger partial charge in [-0.1, -0.05) is 0 Å². The number of hydrogen-bond acceptors (Lipinski definition) is 7. The van der Waals surface area contributed by atoms with Crippen molar-refractivity contribution in [1.29, 1.82) is 0 Å². The van der Waals surface area contributed by atoms with Crippen LogP contribution in [0.15, 0.2) is 12.1 Å². The highest BCUT2D eigenvalue weighted by Crippen LogP contribution is 2.11. The molecule has 0 unspecified atom stereocenters. The molecule has 0 radical (unpaired) electrons. The van der Waals surface area contributed by atoms with E-state index in [4.69, 9.17) is 0 Å². The van der Waals surface area contributed by atoms with Crippen LogP contribution in [-0.2, 0) is 21.2 Å². The van der Waals surface area contributed by atoms with Crippen molar-refractivity contribution in [2.75, 3.05) is 37.8 Å². The van der Waals surface area contributed by atoms with Crippen molar-refractivity contribution < 1.29 is 13.2 Å². The number of fused-ring (bicyclic) bond motifs is 1. The molecule has 0 spiro atoms. The summed E-state index contributed by atoms with van der Waals surface area (Å²) in [6.45, 7) is 2.55. The van der Waals surface area contributed by atoms with Crippen LogP contribution >= 0.6 is 0 Å². The Morgan fingerprint density at radius 2 is 2.04 bits per heavy atom. The van der Waals surface area contributed by atoms with Crippen LogP contribution in [0.4, 0.5) is 5.82 Å². The number of sulfonamides is 1. The minimum atomic E-state index is -3.24. The molecule has 2 N–H and O–H groups in total. The van der Waals surface area contributed by atoms with Crippen LogP contribution < -0.4 is 10.0 Å². The van der Waals surface area contributed by atoms with Crippen LogP contribution in [0.5, 0.6) is 0 Å². The van der Waals surface area contributed by atoms with E-state index in [1.165, 1.54) is 0 Å². The molecule has 3 heterocycles. The fourth-order valence-electron chi connectivity index (χ4n) is 3.02. The second kappa shape index (κ2) is 8.61. The second-order valence-corrected chi connectivity index (χ2v) is 8.47. The van der Waals surface area contributed by atoms with Crippen LogP contribution in [0.25, 0.3) is 5.65 Å². The molecule has 2 aromatic rings. The summed E-state index contributed by atoms with van der Waals surface area (Å²) in [6, 6.07) is 3.64. The van der Waals surface area contributed by atoms with Gasteiger partial charge in [0.15, 0.2) is 11.5 Å². The Morgan fingerprint density at radius 1 is 1.19 bits per heavy atom. The molecule has 3 rings (SSSR count). The molecule has 1 aliphatic rings. The summed E-state index contributed by atoms with van der Waals surface area (Å²) in [5.74, 6) is 1.52. The summed E-state index contributed by atoms with van der Waals surface area (Å²) in [5, 5.41) is 15.8. The van der Waals surface area contributed by atoms with E-state index < -0.39 is 10.0 Å². The second-order valence-electron chi connectivity index (χ2n) is 6.64. The minimum Gasteiger partial charge on any atom is -0.369 e. The maximum Gasteiger partial charge on any atom is 0.222 e. The van der Waals surface area contributed by atoms with E-state index in [1.807, 2.05) is 17.0 Å². The Balaban J connectivity index is 1.52. The topological polar surface area (TPSA) is 122 Å². The smallest absolute Gasteiger partial charge is 0.222 e. The third-order valence-electron chi connectivity index (χ3n) is 4.37. The molecule has 1 aliphatic heterocycles. The van der Waals surface area contributed by atoms with Gasteiger partial charge in [-0.15, -0.1) is 15.3 Å². The Labute approximate surface area is 158 Å². The van der Waals surface area contributed by atoms with Crippen molar-refractivity contribution in [2.24, 2.45) is 0 Å². The summed E-state index contributed by atoms with van der Waals surface area (Å²) < 4.78 is 26.4. The number of rotatable bonds is 9. The number of hydrogen-bond donors (Lipinski definition) is 2. The molecule has 2 aromatic heterocycles. The Hall–Kier alpha value is -2.27. The monoisotopic (exact) mass is 395 g/mol. The van der Waals surface area contributed by atoms with E-state index >= 15 is 0 Å². The first-order valence-corrected chi connectivity index (χ1v) is 11.0. The Kier molecular flexibility index (Phi) is 6.22. The molecule has 11 heteroatoms. The number of amides is 1. The number of carbonyl (C=O) groups is 1. The molecule has 0 aromatic carbocycles. The first-order valence-electron chi connectivity index (χ1n) is 9.10. The molecule has 0 aliphatic carbocycles. The number of nitrogens with zero attached hydrogens (tertiary/aromatic N) is 5. The minimum absolute atomic E-state index is 0.239. The van der Waals surface area contributed by atoms with Gasteiger partial charge < -0.3 is 10.2 Å². The summed E-state index contributed by atoms with van der Waals surface area (Å²) in [4.78, 5) is 13.7. The highest BCUT2D eigenvalue weighted by molar-refractivity contribution is 7.88. The van der Waals surface area contributed by atoms with Crippen LogP contribution in [0.3, 0.4) is 0 Å². The zero-order valence-electron chi connectivity index (χ0n) is 15.4. The highest BCUT2D eigenvalue weighted by atomic mass is 32.2. The summed E-state index contributed by atoms with van der Waals surface area (Å²) in [6.07, 6.45) is 5.10. The molecular formula is C16H25N7O3S. The molecular weight excluding hydrogens is 370 g/mol. The fourth-order valence-corrected chi connectivity index (χ4v) is 3.49. The predicted molar refractivity (Wildman–Crippen MR) is 101 cm³/mol. The quantitative estimate of drug-likeness (QED) is 0.575. The summed E-state index contributed by atoms with van der Waals surface area (Å²) in [5.41, 5.74) is 0.605. The molecule has 0 bridgehead atoms. The molecule has 1 saturated heterocycles. The maximum absolute atomic E-state index is 11.8. The lowest BCUT2D eigenvalue weighted by Gasteiger charge is -2.26. The molecule has 0 atom stereocenters. The number of aromatic nitrogens is 4. The van der Waals surface area contributed by atoms with Crippen molar-refractivity contribution in [3.8, 4) is 0 Å². The van der Waals surface area contributed by atoms with Crippen molar-refractivity contribution >= 4 is 27.4 Å². The van der Waals surface area contributed by atoms with Gasteiger partial charge in [0.1, 0.15) is 5.82 Å². The first kappa shape index (κ1) is 19.5. The van der Waals surface area contributed by atoms with E-state index in [0.717, 1.165) is 38.6 Å². The zero-order valence-corrected chi connectivity index (χ0v) is 16.2. The van der Waals surface area contributed by atoms with Crippen LogP contribution in [-0.4, -0.2) is 71.5 Å². The van der Waals surface area contributed by atoms with Gasteiger partial charge in [0.2, 0.25) is 15.9 Å². The largest absolute Gasteiger partial charge is 0.369 e. The molecule has 1 amide bonds. The van der Waals surface area contributed by atoms with E-state index in [-0.39, 0.29) is 12.5 Å². The fraction of sp³-hybridized carbons (Fsp3) is 0.625. The Bertz CT molecular complexity index is 897. The SMILES string of the molecule is CS(=O)(=O)NCCc1nnc2ccc(NCCCN3CCCCC3=O)nn12. The van der Waals surface area contributed by atoms with E-state index in [2.05, 4.69) is 25.3 Å². The van der Waals surface area contributed by atoms with Crippen molar-refractivity contribution in [1.82, 2.24) is 29.4 Å². The number of piperidine rings is 1. The molecule has 10 nitrogen and oxygen atoms in total. The van der Waals surface area contributed by atoms with E-state index in [9.17, 15) is 13.2 Å². The van der Waals surface area contributed by atoms with Gasteiger partial charge in [-0.25, -0.2) is 13.1 Å². The highest BCUT2D eigenvalue weighted by Gasteiger charge is 2.17. The van der Waals surface area contributed by atoms with Gasteiger partial charge in [-0.05, 0) is 31.4 Å². The average Bonchev–Trinajstić information content (AvgIpc) is 3.01. The first-order chi connectivity index (χ1) is 12.9. The normalized spacial score (nSPS) is 15.4. The van der Waals surface area contributed by atoms with E-state index in [1.54, 1.807) is 4.52 Å². The van der Waals surface area contributed by atoms with Crippen LogP contribution in [0, 0.1) is 0 Å². The zero-order chi connectivity index (χ0) is 19.3. The number of nitrogens with one attached hydrogen (secondary N) is 2. The molecule has 1 fully saturated rings. The maximum atomic E-state index is 11.8. The lowest BCUT2D eigenvalue weighted by atomic mass is 10.1. The van der Waals surface area contributed by atoms with Crippen LogP contribution in [0.2, 0.25) is 0 Å². The van der Waals surface area contributed by atoms with Crippen molar-refractivity contribution in [3.63, 3.8) is 0 Å². The standard InChI is InChI=1S/C16H25N7O3S/c1-27(25,26)18-10-8-15-20-19-14-7-6-13(21-23(14)15)17-9-4-12-22-11-3-2-5-16(22)24/h6-7,18H,2-5,8-12H2,1H3,(H,17,21). The van der Waals surface area contributed by atoms with Gasteiger partial charge >= 0.3 is 0 Å². The van der Waals surface area contributed by atoms with E-state index in [0.29, 0.717) is 36.7 Å². The summed E-state index contributed by atoms with van der Waals surface area (Å²) in [7, 11) is -3.24. The number of anilines is 1. The van der Waals surface area contributed by atoms with Crippen LogP contribution in [0.1, 0.15) is 31.5 Å². The van der Waals surface area contributed by atoms with Gasteiger partial charge in [0, 0.05) is 39.0 Å². The van der Waals surface area contributed by atoms with Crippen molar-refractivity contribution in [3.05, 3.63) is 18.0 Å². The third-order valence-corrected chi connectivity index (χ3v) is 5.10. The number of likely N-dealkylation sites (tertiary alicyclic amines) is 1. The summed E-state index contributed by atoms with van der Waals surface area (Å²) >= 11 is 0. The average molecular weight is 395 g/mol.